The van der Waals surface area contributed by atoms with Crippen LogP contribution < -0.4 is 0 Å². The number of nitrogens with zero attached hydrogens (tertiary/aromatic N) is 1. The average Bonchev–Trinajstić information content (AvgIpc) is 2.57. The van der Waals surface area contributed by atoms with Crippen molar-refractivity contribution in [3.8, 4) is 18.1 Å². The molecule has 2 heterocycles. The Hall–Kier alpha value is -2.22. The fourth-order valence-electron chi connectivity index (χ4n) is 5.51. The van der Waals surface area contributed by atoms with Crippen LogP contribution in [0.1, 0.15) is 75.2 Å². The van der Waals surface area contributed by atoms with Gasteiger partial charge >= 0.3 is 11.5 Å². The number of phenolic OH excluding ortho intramolecular Hbond substituents is 2. The van der Waals surface area contributed by atoms with Gasteiger partial charge in [-0.25, -0.2) is 0 Å². The van der Waals surface area contributed by atoms with Crippen molar-refractivity contribution in [3.63, 3.8) is 0 Å². The van der Waals surface area contributed by atoms with Crippen LogP contribution >= 0.6 is 0 Å². The number of hydrogen-bond acceptors (Lipinski definition) is 4. The smallest absolute Gasteiger partial charge is 0.325 e. The second-order valence-electron chi connectivity index (χ2n) is 8.13. The first-order valence-corrected chi connectivity index (χ1v) is 9.02. The molecule has 1 spiro atoms. The van der Waals surface area contributed by atoms with Crippen LogP contribution in [0.25, 0.3) is 4.85 Å². The summed E-state index contributed by atoms with van der Waals surface area (Å²) in [6.07, 6.45) is 2.31. The minimum atomic E-state index is -1.11. The maximum atomic E-state index is 13.0. The number of aromatic hydroxyl groups is 2. The van der Waals surface area contributed by atoms with Gasteiger partial charge in [0.1, 0.15) is 6.10 Å². The molecule has 1 aromatic rings. The van der Waals surface area contributed by atoms with Crippen LogP contribution in [0.15, 0.2) is 6.07 Å². The summed E-state index contributed by atoms with van der Waals surface area (Å²) in [5.74, 6) is -0.582. The second kappa shape index (κ2) is 4.91. The lowest BCUT2D eigenvalue weighted by atomic mass is 9.47. The van der Waals surface area contributed by atoms with Crippen LogP contribution in [-0.4, -0.2) is 21.7 Å². The maximum Gasteiger partial charge on any atom is 0.325 e. The predicted molar refractivity (Wildman–Crippen MR) is 93.0 cm³/mol. The van der Waals surface area contributed by atoms with Crippen molar-refractivity contribution in [2.24, 2.45) is 5.92 Å². The van der Waals surface area contributed by atoms with Crippen molar-refractivity contribution in [1.82, 2.24) is 0 Å². The van der Waals surface area contributed by atoms with E-state index in [0.29, 0.717) is 24.0 Å². The van der Waals surface area contributed by atoms with E-state index in [1.54, 1.807) is 0 Å². The minimum absolute atomic E-state index is 0.0408. The molecule has 0 aromatic heterocycles. The topological polar surface area (TPSA) is 71.1 Å². The number of carbonyl (C=O) groups excluding carboxylic acids is 1. The van der Waals surface area contributed by atoms with Crippen molar-refractivity contribution in [2.75, 3.05) is 0 Å². The third-order valence-corrected chi connectivity index (χ3v) is 6.80. The summed E-state index contributed by atoms with van der Waals surface area (Å²) < 4.78 is 5.73. The van der Waals surface area contributed by atoms with Crippen LogP contribution in [0.4, 0.5) is 0 Å². The van der Waals surface area contributed by atoms with Crippen molar-refractivity contribution in [1.29, 1.82) is 0 Å². The first-order valence-electron chi connectivity index (χ1n) is 9.02. The molecule has 5 rings (SSSR count). The van der Waals surface area contributed by atoms with E-state index in [4.69, 9.17) is 11.3 Å². The average molecular weight is 342 g/mol. The lowest BCUT2D eigenvalue weighted by molar-refractivity contribution is -0.179. The summed E-state index contributed by atoms with van der Waals surface area (Å²) in [4.78, 5) is 17.3. The molecule has 0 amide bonds. The van der Waals surface area contributed by atoms with E-state index in [0.717, 1.165) is 18.4 Å². The predicted octanol–water partition coefficient (Wildman–Crippen LogP) is 3.98. The number of fused-ring (bicyclic) bond motifs is 1. The molecule has 0 unspecified atom stereocenters. The molecule has 5 nitrogen and oxygen atoms in total. The zero-order valence-electron chi connectivity index (χ0n) is 14.9. The molecule has 4 aliphatic rings. The molecular weight excluding hydrogens is 318 g/mol. The van der Waals surface area contributed by atoms with Gasteiger partial charge in [0.05, 0.1) is 6.42 Å². The highest BCUT2D eigenvalue weighted by molar-refractivity contribution is 5.92. The van der Waals surface area contributed by atoms with Crippen molar-refractivity contribution >= 4 is 5.97 Å². The lowest BCUT2D eigenvalue weighted by Gasteiger charge is -2.54. The molecule has 132 valence electrons. The first-order chi connectivity index (χ1) is 11.8. The zero-order chi connectivity index (χ0) is 18.1. The molecule has 2 aliphatic heterocycles. The molecule has 5 heteroatoms. The van der Waals surface area contributed by atoms with Crippen LogP contribution in [0, 0.1) is 12.5 Å². The number of phenols is 2. The summed E-state index contributed by atoms with van der Waals surface area (Å²) in [7, 11) is 0. The molecule has 2 bridgehead atoms. The number of benzene rings is 1. The summed E-state index contributed by atoms with van der Waals surface area (Å²) in [5.41, 5.74) is 0.0484. The highest BCUT2D eigenvalue weighted by Gasteiger charge is 2.78. The van der Waals surface area contributed by atoms with E-state index in [-0.39, 0.29) is 29.3 Å². The molecule has 1 aromatic carbocycles. The Morgan fingerprint density at radius 3 is 2.72 bits per heavy atom. The molecule has 0 radical (unpaired) electrons. The Balaban J connectivity index is 2.09. The summed E-state index contributed by atoms with van der Waals surface area (Å²) >= 11 is 0. The largest absolute Gasteiger partial charge is 0.504 e. The number of carbonyl (C=O) groups is 1. The third-order valence-electron chi connectivity index (χ3n) is 6.80. The first kappa shape index (κ1) is 16.3. The Morgan fingerprint density at radius 1 is 1.36 bits per heavy atom. The Labute approximate surface area is 147 Å². The van der Waals surface area contributed by atoms with Gasteiger partial charge in [-0.3, -0.25) is 4.79 Å². The molecule has 25 heavy (non-hydrogen) atoms. The highest BCUT2D eigenvalue weighted by atomic mass is 16.5. The minimum Gasteiger partial charge on any atom is -0.504 e. The SMILES string of the molecule is C#[N+][C@@]12C[C@@H]3OC(=O)[C@@]1(CCC[C@@H]2C)c1c3cc(C(C)C)c(O)c1O. The Bertz CT molecular complexity index is 824. The van der Waals surface area contributed by atoms with Gasteiger partial charge in [0.2, 0.25) is 0 Å². The van der Waals surface area contributed by atoms with Gasteiger partial charge in [-0.05, 0) is 24.8 Å². The number of ether oxygens (including phenoxy) is 1. The van der Waals surface area contributed by atoms with Crippen molar-refractivity contribution in [2.45, 2.75) is 69.4 Å². The van der Waals surface area contributed by atoms with Gasteiger partial charge in [0.15, 0.2) is 16.9 Å². The molecule has 2 N–H and O–H groups in total. The van der Waals surface area contributed by atoms with Gasteiger partial charge in [-0.2, -0.15) is 0 Å². The number of esters is 1. The molecule has 2 aliphatic carbocycles. The van der Waals surface area contributed by atoms with Gasteiger partial charge < -0.3 is 14.9 Å². The van der Waals surface area contributed by atoms with Gasteiger partial charge in [0, 0.05) is 22.6 Å². The summed E-state index contributed by atoms with van der Waals surface area (Å²) in [6.45, 7) is 11.8. The normalized spacial score (nSPS) is 35.7. The van der Waals surface area contributed by atoms with E-state index >= 15 is 0 Å². The van der Waals surface area contributed by atoms with Crippen molar-refractivity contribution in [3.05, 3.63) is 27.6 Å². The highest BCUT2D eigenvalue weighted by Crippen LogP contribution is 2.66. The van der Waals surface area contributed by atoms with Gasteiger partial charge in [-0.1, -0.05) is 32.0 Å². The van der Waals surface area contributed by atoms with E-state index < -0.39 is 17.1 Å². The third kappa shape index (κ3) is 1.65. The maximum absolute atomic E-state index is 13.0. The quantitative estimate of drug-likeness (QED) is 0.598. The summed E-state index contributed by atoms with van der Waals surface area (Å²) in [5, 5.41) is 21.5. The molecular formula is C20H24NO4+. The second-order valence-corrected chi connectivity index (χ2v) is 8.13. The fourth-order valence-corrected chi connectivity index (χ4v) is 5.51. The molecule has 1 saturated carbocycles. The summed E-state index contributed by atoms with van der Waals surface area (Å²) in [6, 6.07) is 1.88. The van der Waals surface area contributed by atoms with Crippen molar-refractivity contribution < 1.29 is 19.7 Å². The Kier molecular flexibility index (Phi) is 3.19. The monoisotopic (exact) mass is 342 g/mol. The van der Waals surface area contributed by atoms with Crippen LogP contribution in [0.5, 0.6) is 11.5 Å². The van der Waals surface area contributed by atoms with E-state index in [2.05, 4.69) is 11.8 Å². The zero-order valence-corrected chi connectivity index (χ0v) is 14.9. The van der Waals surface area contributed by atoms with Crippen LogP contribution in [-0.2, 0) is 14.9 Å². The Morgan fingerprint density at radius 2 is 2.08 bits per heavy atom. The number of hydrogen-bond donors (Lipinski definition) is 2. The number of rotatable bonds is 1. The van der Waals surface area contributed by atoms with Crippen LogP contribution in [0.2, 0.25) is 0 Å². The van der Waals surface area contributed by atoms with E-state index in [1.807, 2.05) is 19.9 Å². The molecule has 1 saturated heterocycles. The van der Waals surface area contributed by atoms with Crippen LogP contribution in [0.3, 0.4) is 0 Å². The van der Waals surface area contributed by atoms with E-state index in [1.165, 1.54) is 0 Å². The van der Waals surface area contributed by atoms with Gasteiger partial charge in [-0.15, -0.1) is 0 Å². The molecule has 4 atom stereocenters. The lowest BCUT2D eigenvalue weighted by Crippen LogP contribution is -2.67. The van der Waals surface area contributed by atoms with E-state index in [9.17, 15) is 15.0 Å². The van der Waals surface area contributed by atoms with Gasteiger partial charge in [0.25, 0.3) is 6.57 Å². The fraction of sp³-hybridized carbons (Fsp3) is 0.600. The standard InChI is InChI=1S/C20H23NO4/c1-10(2)12-8-13-14-9-20(21-4)11(3)6-5-7-19(20,18(24)25-14)15(13)17(23)16(12)22/h4,8,10-11,14H,5-7,9H2,1-3H3,(H-,22,23)/p+1/t11-,14-,19+,20+/m0/s1. The molecule has 2 fully saturated rings.